The number of hydrogen-bond acceptors (Lipinski definition) is 6. The van der Waals surface area contributed by atoms with Crippen molar-refractivity contribution in [3.8, 4) is 11.5 Å². The Balaban J connectivity index is 2.04. The van der Waals surface area contributed by atoms with Crippen molar-refractivity contribution in [3.05, 3.63) is 84.2 Å². The fourth-order valence-electron chi connectivity index (χ4n) is 4.07. The fraction of sp³-hybridized carbons (Fsp3) is 0.333. The van der Waals surface area contributed by atoms with E-state index in [0.717, 1.165) is 4.31 Å². The SMILES string of the molecule is COc1ccc(S(=O)(=O)N(CC(=O)N(Cc2ccccc2F)[C@@H](C)C(=O)NCC(C)C)c2ccccc2)cc1OC. The van der Waals surface area contributed by atoms with Gasteiger partial charge >= 0.3 is 0 Å². The molecule has 0 unspecified atom stereocenters. The third-order valence-electron chi connectivity index (χ3n) is 6.42. The molecule has 0 saturated carbocycles. The zero-order chi connectivity index (χ0) is 30.2. The summed E-state index contributed by atoms with van der Waals surface area (Å²) in [4.78, 5) is 28.0. The molecule has 1 N–H and O–H groups in total. The van der Waals surface area contributed by atoms with Gasteiger partial charge in [0.15, 0.2) is 11.5 Å². The Labute approximate surface area is 240 Å². The summed E-state index contributed by atoms with van der Waals surface area (Å²) in [5.41, 5.74) is 0.428. The van der Waals surface area contributed by atoms with Crippen molar-refractivity contribution in [3.63, 3.8) is 0 Å². The number of hydrogen-bond donors (Lipinski definition) is 1. The van der Waals surface area contributed by atoms with E-state index >= 15 is 0 Å². The molecule has 41 heavy (non-hydrogen) atoms. The Morgan fingerprint density at radius 1 is 0.902 bits per heavy atom. The van der Waals surface area contributed by atoms with Gasteiger partial charge in [-0.05, 0) is 43.2 Å². The highest BCUT2D eigenvalue weighted by atomic mass is 32.2. The molecule has 0 spiro atoms. The smallest absolute Gasteiger partial charge is 0.264 e. The summed E-state index contributed by atoms with van der Waals surface area (Å²) in [5, 5.41) is 2.80. The normalized spacial score (nSPS) is 12.0. The molecule has 11 heteroatoms. The standard InChI is InChI=1S/C30H36FN3O6S/c1-21(2)18-32-30(36)22(3)33(19-23-11-9-10-14-26(23)31)29(35)20-34(24-12-7-6-8-13-24)41(37,38)25-15-16-27(39-4)28(17-25)40-5/h6-17,21-22H,18-20H2,1-5H3,(H,32,36)/t22-/m0/s1. The van der Waals surface area contributed by atoms with Crippen molar-refractivity contribution >= 4 is 27.5 Å². The van der Waals surface area contributed by atoms with E-state index in [2.05, 4.69) is 5.32 Å². The number of halogens is 1. The van der Waals surface area contributed by atoms with Gasteiger partial charge in [-0.2, -0.15) is 0 Å². The van der Waals surface area contributed by atoms with Gasteiger partial charge in [0.2, 0.25) is 11.8 Å². The van der Waals surface area contributed by atoms with Gasteiger partial charge in [0.05, 0.1) is 24.8 Å². The first-order valence-electron chi connectivity index (χ1n) is 13.1. The van der Waals surface area contributed by atoms with Gasteiger partial charge in [0.25, 0.3) is 10.0 Å². The first kappa shape index (κ1) is 31.4. The van der Waals surface area contributed by atoms with Crippen LogP contribution in [0.5, 0.6) is 11.5 Å². The number of amides is 2. The lowest BCUT2D eigenvalue weighted by atomic mass is 10.1. The molecule has 0 aromatic heterocycles. The maximum absolute atomic E-state index is 14.6. The molecule has 2 amide bonds. The van der Waals surface area contributed by atoms with E-state index in [1.54, 1.807) is 36.4 Å². The molecular weight excluding hydrogens is 549 g/mol. The minimum Gasteiger partial charge on any atom is -0.493 e. The number of carbonyl (C=O) groups is 2. The average molecular weight is 586 g/mol. The van der Waals surface area contributed by atoms with Crippen LogP contribution in [-0.2, 0) is 26.2 Å². The van der Waals surface area contributed by atoms with Gasteiger partial charge in [-0.25, -0.2) is 12.8 Å². The van der Waals surface area contributed by atoms with Gasteiger partial charge in [0.1, 0.15) is 18.4 Å². The van der Waals surface area contributed by atoms with Crippen LogP contribution in [0.3, 0.4) is 0 Å². The number of para-hydroxylation sites is 1. The number of ether oxygens (including phenoxy) is 2. The average Bonchev–Trinajstić information content (AvgIpc) is 2.97. The number of nitrogens with zero attached hydrogens (tertiary/aromatic N) is 2. The molecule has 0 saturated heterocycles. The molecule has 220 valence electrons. The topological polar surface area (TPSA) is 105 Å². The molecular formula is C30H36FN3O6S. The molecule has 9 nitrogen and oxygen atoms in total. The number of rotatable bonds is 13. The van der Waals surface area contributed by atoms with Crippen LogP contribution in [0.4, 0.5) is 10.1 Å². The van der Waals surface area contributed by atoms with Crippen molar-refractivity contribution in [1.29, 1.82) is 0 Å². The molecule has 0 fully saturated rings. The predicted octanol–water partition coefficient (Wildman–Crippen LogP) is 4.23. The number of benzene rings is 3. The second-order valence-electron chi connectivity index (χ2n) is 9.79. The molecule has 0 radical (unpaired) electrons. The second-order valence-corrected chi connectivity index (χ2v) is 11.7. The molecule has 0 aliphatic carbocycles. The van der Waals surface area contributed by atoms with Crippen LogP contribution >= 0.6 is 0 Å². The van der Waals surface area contributed by atoms with Crippen LogP contribution in [-0.4, -0.2) is 58.5 Å². The summed E-state index contributed by atoms with van der Waals surface area (Å²) in [6.07, 6.45) is 0. The molecule has 3 aromatic carbocycles. The monoisotopic (exact) mass is 585 g/mol. The van der Waals surface area contributed by atoms with Gasteiger partial charge in [-0.1, -0.05) is 50.2 Å². The van der Waals surface area contributed by atoms with Crippen molar-refractivity contribution in [2.45, 2.75) is 38.3 Å². The van der Waals surface area contributed by atoms with Gasteiger partial charge in [0, 0.05) is 24.7 Å². The number of sulfonamides is 1. The lowest BCUT2D eigenvalue weighted by Crippen LogP contribution is -2.51. The van der Waals surface area contributed by atoms with Gasteiger partial charge < -0.3 is 19.7 Å². The third kappa shape index (κ3) is 7.75. The largest absolute Gasteiger partial charge is 0.493 e. The number of carbonyl (C=O) groups excluding carboxylic acids is 2. The van der Waals surface area contributed by atoms with E-state index in [-0.39, 0.29) is 34.4 Å². The predicted molar refractivity (Wildman–Crippen MR) is 155 cm³/mol. The highest BCUT2D eigenvalue weighted by Gasteiger charge is 2.33. The highest BCUT2D eigenvalue weighted by molar-refractivity contribution is 7.92. The molecule has 1 atom stereocenters. The van der Waals surface area contributed by atoms with Gasteiger partial charge in [-0.3, -0.25) is 13.9 Å². The molecule has 0 aliphatic heterocycles. The van der Waals surface area contributed by atoms with Gasteiger partial charge in [-0.15, -0.1) is 0 Å². The lowest BCUT2D eigenvalue weighted by Gasteiger charge is -2.32. The molecule has 0 heterocycles. The molecule has 3 rings (SSSR count). The summed E-state index contributed by atoms with van der Waals surface area (Å²) in [7, 11) is -1.49. The second kappa shape index (κ2) is 14.0. The van der Waals surface area contributed by atoms with E-state index in [0.29, 0.717) is 12.3 Å². The van der Waals surface area contributed by atoms with E-state index in [9.17, 15) is 22.4 Å². The van der Waals surface area contributed by atoms with Crippen LogP contribution in [0, 0.1) is 11.7 Å². The number of anilines is 1. The first-order chi connectivity index (χ1) is 19.5. The quantitative estimate of drug-likeness (QED) is 0.322. The van der Waals surface area contributed by atoms with E-state index < -0.39 is 40.2 Å². The van der Waals surface area contributed by atoms with Crippen LogP contribution in [0.2, 0.25) is 0 Å². The maximum atomic E-state index is 14.6. The number of nitrogens with one attached hydrogen (secondary N) is 1. The summed E-state index contributed by atoms with van der Waals surface area (Å²) in [6, 6.07) is 17.2. The fourth-order valence-corrected chi connectivity index (χ4v) is 5.50. The van der Waals surface area contributed by atoms with Crippen LogP contribution in [0.1, 0.15) is 26.3 Å². The maximum Gasteiger partial charge on any atom is 0.264 e. The zero-order valence-corrected chi connectivity index (χ0v) is 24.7. The third-order valence-corrected chi connectivity index (χ3v) is 8.19. The summed E-state index contributed by atoms with van der Waals surface area (Å²) in [5.74, 6) is -0.957. The Bertz CT molecular complexity index is 1450. The van der Waals surface area contributed by atoms with Crippen LogP contribution < -0.4 is 19.1 Å². The number of methoxy groups -OCH3 is 2. The first-order valence-corrected chi connectivity index (χ1v) is 14.5. The van der Waals surface area contributed by atoms with Crippen LogP contribution in [0.25, 0.3) is 0 Å². The van der Waals surface area contributed by atoms with Crippen LogP contribution in [0.15, 0.2) is 77.7 Å². The molecule has 0 aliphatic rings. The Morgan fingerprint density at radius 2 is 1.54 bits per heavy atom. The highest BCUT2D eigenvalue weighted by Crippen LogP contribution is 2.32. The molecule has 0 bridgehead atoms. The Morgan fingerprint density at radius 3 is 2.15 bits per heavy atom. The summed E-state index contributed by atoms with van der Waals surface area (Å²) >= 11 is 0. The Kier molecular flexibility index (Phi) is 10.7. The van der Waals surface area contributed by atoms with Crippen molar-refractivity contribution in [1.82, 2.24) is 10.2 Å². The lowest BCUT2D eigenvalue weighted by molar-refractivity contribution is -0.139. The Hall–Kier alpha value is -4.12. The van der Waals surface area contributed by atoms with Crippen molar-refractivity contribution < 1.29 is 31.9 Å². The zero-order valence-electron chi connectivity index (χ0n) is 23.8. The minimum absolute atomic E-state index is 0.129. The van der Waals surface area contributed by atoms with Crippen molar-refractivity contribution in [2.24, 2.45) is 5.92 Å². The summed E-state index contributed by atoms with van der Waals surface area (Å²) < 4.78 is 54.1. The summed E-state index contributed by atoms with van der Waals surface area (Å²) in [6.45, 7) is 4.91. The van der Waals surface area contributed by atoms with E-state index in [4.69, 9.17) is 9.47 Å². The van der Waals surface area contributed by atoms with E-state index in [1.165, 1.54) is 62.4 Å². The minimum atomic E-state index is -4.31. The van der Waals surface area contributed by atoms with E-state index in [1.807, 2.05) is 13.8 Å². The molecule has 3 aromatic rings. The van der Waals surface area contributed by atoms with Crippen molar-refractivity contribution in [2.75, 3.05) is 31.6 Å².